The number of methoxy groups -OCH3 is 1. The average molecular weight is 307 g/mol. The van der Waals surface area contributed by atoms with Gasteiger partial charge in [0.25, 0.3) is 0 Å². The van der Waals surface area contributed by atoms with E-state index in [0.29, 0.717) is 5.69 Å². The van der Waals surface area contributed by atoms with Gasteiger partial charge in [0.05, 0.1) is 18.5 Å². The van der Waals surface area contributed by atoms with Gasteiger partial charge in [-0.1, -0.05) is 6.07 Å². The smallest absolute Gasteiger partial charge is 0.240 e. The van der Waals surface area contributed by atoms with Crippen molar-refractivity contribution >= 4 is 27.1 Å². The van der Waals surface area contributed by atoms with E-state index in [1.807, 2.05) is 19.1 Å². The largest absolute Gasteiger partial charge is 0.497 e. The van der Waals surface area contributed by atoms with Crippen LogP contribution in [0.15, 0.2) is 41.3 Å². The van der Waals surface area contributed by atoms with E-state index in [1.54, 1.807) is 25.3 Å². The Morgan fingerprint density at radius 1 is 1.14 bits per heavy atom. The molecule has 0 fully saturated rings. The van der Waals surface area contributed by atoms with E-state index in [4.69, 9.17) is 15.6 Å². The fourth-order valence-corrected chi connectivity index (χ4v) is 2.63. The van der Waals surface area contributed by atoms with Crippen molar-refractivity contribution in [3.63, 3.8) is 0 Å². The highest BCUT2D eigenvalue weighted by Crippen LogP contribution is 2.30. The van der Waals surface area contributed by atoms with Gasteiger partial charge in [-0.15, -0.1) is 0 Å². The third-order valence-electron chi connectivity index (χ3n) is 3.08. The van der Waals surface area contributed by atoms with Gasteiger partial charge in [0.1, 0.15) is 10.6 Å². The van der Waals surface area contributed by atoms with E-state index in [2.05, 4.69) is 5.32 Å². The zero-order valence-electron chi connectivity index (χ0n) is 11.8. The number of aryl methyl sites for hydroxylation is 1. The summed E-state index contributed by atoms with van der Waals surface area (Å²) in [5.41, 5.74) is 8.19. The summed E-state index contributed by atoms with van der Waals surface area (Å²) in [5.74, 6) is 0.740. The van der Waals surface area contributed by atoms with Crippen LogP contribution in [-0.2, 0) is 10.0 Å². The number of para-hydroxylation sites is 1. The molecule has 0 spiro atoms. The minimum Gasteiger partial charge on any atom is -0.497 e. The second-order valence-electron chi connectivity index (χ2n) is 4.57. The van der Waals surface area contributed by atoms with Gasteiger partial charge in [0.15, 0.2) is 0 Å². The number of anilines is 3. The maximum absolute atomic E-state index is 11.5. The normalized spacial score (nSPS) is 11.2. The molecule has 7 heteroatoms. The molecule has 0 aliphatic carbocycles. The van der Waals surface area contributed by atoms with Gasteiger partial charge in [-0.2, -0.15) is 0 Å². The molecular weight excluding hydrogens is 290 g/mol. The molecule has 0 heterocycles. The van der Waals surface area contributed by atoms with E-state index in [-0.39, 0.29) is 10.6 Å². The van der Waals surface area contributed by atoms with Crippen LogP contribution in [0.25, 0.3) is 0 Å². The maximum atomic E-state index is 11.5. The second kappa shape index (κ2) is 5.63. The number of sulfonamides is 1. The fraction of sp³-hybridized carbons (Fsp3) is 0.143. The second-order valence-corrected chi connectivity index (χ2v) is 6.10. The molecule has 0 atom stereocenters. The standard InChI is InChI=1S/C14H17N3O3S/c1-9-8-10(20-2)6-7-11(9)17-12-4-3-5-13(14(12)15)21(16,18)19/h3-8,17H,15H2,1-2H3,(H2,16,18,19). The Morgan fingerprint density at radius 2 is 1.86 bits per heavy atom. The minimum absolute atomic E-state index is 0.0928. The molecule has 112 valence electrons. The van der Waals surface area contributed by atoms with Crippen LogP contribution in [0.3, 0.4) is 0 Å². The number of hydrogen-bond donors (Lipinski definition) is 3. The van der Waals surface area contributed by atoms with Crippen molar-refractivity contribution in [1.29, 1.82) is 0 Å². The molecule has 0 aromatic heterocycles. The summed E-state index contributed by atoms with van der Waals surface area (Å²) in [6.45, 7) is 1.91. The fourth-order valence-electron chi connectivity index (χ4n) is 1.95. The van der Waals surface area contributed by atoms with E-state index < -0.39 is 10.0 Å². The number of nitrogens with one attached hydrogen (secondary N) is 1. The molecular formula is C14H17N3O3S. The topological polar surface area (TPSA) is 107 Å². The molecule has 0 bridgehead atoms. The van der Waals surface area contributed by atoms with Gasteiger partial charge < -0.3 is 15.8 Å². The lowest BCUT2D eigenvalue weighted by molar-refractivity contribution is 0.414. The summed E-state index contributed by atoms with van der Waals surface area (Å²) in [4.78, 5) is -0.0985. The zero-order chi connectivity index (χ0) is 15.6. The first-order chi connectivity index (χ1) is 9.82. The van der Waals surface area contributed by atoms with Crippen molar-refractivity contribution in [3.05, 3.63) is 42.0 Å². The van der Waals surface area contributed by atoms with Gasteiger partial charge in [-0.25, -0.2) is 13.6 Å². The highest BCUT2D eigenvalue weighted by molar-refractivity contribution is 7.89. The number of nitrogen functional groups attached to an aromatic ring is 1. The molecule has 6 nitrogen and oxygen atoms in total. The van der Waals surface area contributed by atoms with E-state index in [1.165, 1.54) is 6.07 Å². The summed E-state index contributed by atoms with van der Waals surface area (Å²) in [7, 11) is -2.26. The number of nitrogens with two attached hydrogens (primary N) is 2. The number of ether oxygens (including phenoxy) is 1. The van der Waals surface area contributed by atoms with Crippen LogP contribution < -0.4 is 20.9 Å². The first-order valence-electron chi connectivity index (χ1n) is 6.16. The van der Waals surface area contributed by atoms with E-state index in [9.17, 15) is 8.42 Å². The predicted octanol–water partition coefficient (Wildman–Crippen LogP) is 1.98. The molecule has 2 aromatic carbocycles. The highest BCUT2D eigenvalue weighted by atomic mass is 32.2. The molecule has 0 amide bonds. The van der Waals surface area contributed by atoms with Crippen LogP contribution in [0.2, 0.25) is 0 Å². The van der Waals surface area contributed by atoms with E-state index in [0.717, 1.165) is 17.0 Å². The van der Waals surface area contributed by atoms with Crippen molar-refractivity contribution in [2.75, 3.05) is 18.2 Å². The molecule has 0 unspecified atom stereocenters. The summed E-state index contributed by atoms with van der Waals surface area (Å²) in [6, 6.07) is 10.1. The van der Waals surface area contributed by atoms with Crippen molar-refractivity contribution in [2.45, 2.75) is 11.8 Å². The van der Waals surface area contributed by atoms with Gasteiger partial charge in [0, 0.05) is 5.69 Å². The van der Waals surface area contributed by atoms with Gasteiger partial charge in [-0.05, 0) is 42.8 Å². The SMILES string of the molecule is COc1ccc(Nc2cccc(S(N)(=O)=O)c2N)c(C)c1. The molecule has 0 radical (unpaired) electrons. The number of primary sulfonamides is 1. The Balaban J connectivity index is 2.41. The molecule has 0 aliphatic heterocycles. The maximum Gasteiger partial charge on any atom is 0.240 e. The van der Waals surface area contributed by atoms with Crippen LogP contribution in [0.4, 0.5) is 17.1 Å². The number of hydrogen-bond acceptors (Lipinski definition) is 5. The Morgan fingerprint density at radius 3 is 2.43 bits per heavy atom. The van der Waals surface area contributed by atoms with Gasteiger partial charge in [-0.3, -0.25) is 0 Å². The van der Waals surface area contributed by atoms with E-state index >= 15 is 0 Å². The molecule has 0 saturated carbocycles. The monoisotopic (exact) mass is 307 g/mol. The first-order valence-corrected chi connectivity index (χ1v) is 7.70. The van der Waals surface area contributed by atoms with Crippen molar-refractivity contribution in [1.82, 2.24) is 0 Å². The highest BCUT2D eigenvalue weighted by Gasteiger charge is 2.15. The van der Waals surface area contributed by atoms with Crippen molar-refractivity contribution in [3.8, 4) is 5.75 Å². The summed E-state index contributed by atoms with van der Waals surface area (Å²) >= 11 is 0. The number of rotatable bonds is 4. The van der Waals surface area contributed by atoms with Crippen molar-refractivity contribution in [2.24, 2.45) is 5.14 Å². The third kappa shape index (κ3) is 3.26. The minimum atomic E-state index is -3.85. The average Bonchev–Trinajstić information content (AvgIpc) is 2.41. The molecule has 2 aromatic rings. The van der Waals surface area contributed by atoms with Crippen LogP contribution in [-0.4, -0.2) is 15.5 Å². The van der Waals surface area contributed by atoms with Gasteiger partial charge in [0.2, 0.25) is 10.0 Å². The lowest BCUT2D eigenvalue weighted by Crippen LogP contribution is -2.15. The lowest BCUT2D eigenvalue weighted by atomic mass is 10.1. The predicted molar refractivity (Wildman–Crippen MR) is 83.2 cm³/mol. The zero-order valence-corrected chi connectivity index (χ0v) is 12.6. The van der Waals surface area contributed by atoms with Crippen LogP contribution >= 0.6 is 0 Å². The summed E-state index contributed by atoms with van der Waals surface area (Å²) in [6.07, 6.45) is 0. The molecule has 21 heavy (non-hydrogen) atoms. The molecule has 5 N–H and O–H groups in total. The Bertz CT molecular complexity index is 773. The summed E-state index contributed by atoms with van der Waals surface area (Å²) in [5, 5.41) is 8.24. The lowest BCUT2D eigenvalue weighted by Gasteiger charge is -2.14. The van der Waals surface area contributed by atoms with Gasteiger partial charge >= 0.3 is 0 Å². The first kappa shape index (κ1) is 15.1. The number of benzene rings is 2. The molecule has 2 rings (SSSR count). The Kier molecular flexibility index (Phi) is 4.06. The van der Waals surface area contributed by atoms with Crippen LogP contribution in [0, 0.1) is 6.92 Å². The quantitative estimate of drug-likeness (QED) is 0.749. The molecule has 0 saturated heterocycles. The van der Waals surface area contributed by atoms with Crippen LogP contribution in [0.5, 0.6) is 5.75 Å². The third-order valence-corrected chi connectivity index (χ3v) is 4.04. The summed E-state index contributed by atoms with van der Waals surface area (Å²) < 4.78 is 28.1. The van der Waals surface area contributed by atoms with Crippen molar-refractivity contribution < 1.29 is 13.2 Å². The van der Waals surface area contributed by atoms with Crippen LogP contribution in [0.1, 0.15) is 5.56 Å². The Labute approximate surface area is 123 Å². The Hall–Kier alpha value is -2.25. The molecule has 0 aliphatic rings.